The van der Waals surface area contributed by atoms with Gasteiger partial charge in [0.1, 0.15) is 11.6 Å². The van der Waals surface area contributed by atoms with Gasteiger partial charge in [0.15, 0.2) is 5.43 Å². The zero-order chi connectivity index (χ0) is 17.7. The van der Waals surface area contributed by atoms with E-state index in [-0.39, 0.29) is 23.6 Å². The second-order valence-electron chi connectivity index (χ2n) is 6.61. The minimum atomic E-state index is -0.0868. The predicted molar refractivity (Wildman–Crippen MR) is 108 cm³/mol. The number of likely N-dealkylation sites (N-methyl/N-ethyl adjacent to an activating group) is 1. The third-order valence-corrected chi connectivity index (χ3v) is 4.55. The lowest BCUT2D eigenvalue weighted by molar-refractivity contribution is 0.425. The first-order valence-electron chi connectivity index (χ1n) is 8.26. The third kappa shape index (κ3) is 2.71. The number of aromatic nitrogens is 2. The van der Waals surface area contributed by atoms with Crippen LogP contribution in [-0.2, 0) is 0 Å². The summed E-state index contributed by atoms with van der Waals surface area (Å²) in [5.74, 6) is 0.906. The van der Waals surface area contributed by atoms with E-state index in [9.17, 15) is 9.90 Å². The molecule has 26 heavy (non-hydrogen) atoms. The number of imidazole rings is 1. The van der Waals surface area contributed by atoms with Crippen LogP contribution < -0.4 is 10.7 Å². The van der Waals surface area contributed by atoms with Crippen molar-refractivity contribution in [1.29, 1.82) is 0 Å². The molecule has 4 rings (SSSR count). The molecule has 0 atom stereocenters. The highest BCUT2D eigenvalue weighted by Gasteiger charge is 2.18. The quantitative estimate of drug-likeness (QED) is 0.539. The van der Waals surface area contributed by atoms with Crippen molar-refractivity contribution >= 4 is 45.4 Å². The van der Waals surface area contributed by atoms with E-state index >= 15 is 0 Å². The molecule has 0 saturated heterocycles. The van der Waals surface area contributed by atoms with Gasteiger partial charge in [-0.2, -0.15) is 0 Å². The zero-order valence-electron chi connectivity index (χ0n) is 14.9. The van der Waals surface area contributed by atoms with Gasteiger partial charge in [-0.3, -0.25) is 9.20 Å². The van der Waals surface area contributed by atoms with Crippen molar-refractivity contribution in [2.45, 2.75) is 6.92 Å². The molecule has 0 spiro atoms. The fraction of sp³-hybridized carbons (Fsp3) is 0.263. The highest BCUT2D eigenvalue weighted by molar-refractivity contribution is 6.07. The van der Waals surface area contributed by atoms with Crippen molar-refractivity contribution in [1.82, 2.24) is 14.3 Å². The summed E-state index contributed by atoms with van der Waals surface area (Å²) < 4.78 is 2.00. The van der Waals surface area contributed by atoms with Gasteiger partial charge in [0.05, 0.1) is 27.3 Å². The highest BCUT2D eigenvalue weighted by atomic mass is 35.5. The fourth-order valence-electron chi connectivity index (χ4n) is 3.40. The molecule has 136 valence electrons. The number of anilines is 1. The Morgan fingerprint density at radius 1 is 1.23 bits per heavy atom. The molecule has 6 nitrogen and oxygen atoms in total. The molecule has 0 unspecified atom stereocenters. The van der Waals surface area contributed by atoms with E-state index in [1.165, 1.54) is 6.07 Å². The Hall–Kier alpha value is -2.57. The van der Waals surface area contributed by atoms with Crippen LogP contribution in [0, 0.1) is 6.92 Å². The van der Waals surface area contributed by atoms with E-state index < -0.39 is 0 Å². The Bertz CT molecular complexity index is 1150. The number of phenolic OH excluding ortho intramolecular Hbond substituents is 1. The Labute approximate surface area is 156 Å². The van der Waals surface area contributed by atoms with Crippen LogP contribution in [-0.4, -0.2) is 46.6 Å². The molecular weight excluding hydrogens is 352 g/mol. The molecule has 0 saturated carbocycles. The van der Waals surface area contributed by atoms with E-state index in [1.807, 2.05) is 37.6 Å². The lowest BCUT2D eigenvalue weighted by atomic mass is 10.1. The number of nitrogens with zero attached hydrogens (tertiary/aromatic N) is 3. The van der Waals surface area contributed by atoms with Gasteiger partial charge in [-0.25, -0.2) is 4.98 Å². The second kappa shape index (κ2) is 6.63. The number of nitrogens with one attached hydrogen (secondary N) is 1. The summed E-state index contributed by atoms with van der Waals surface area (Å²) >= 11 is 0. The SMILES string of the molecule is Cc1nc2ccc(NCCN(C)C)c3c(=O)c4cc(O)ccc4n1c23.Cl. The summed E-state index contributed by atoms with van der Waals surface area (Å²) in [7, 11) is 4.02. The summed E-state index contributed by atoms with van der Waals surface area (Å²) in [4.78, 5) is 19.9. The molecule has 0 fully saturated rings. The molecule has 2 aromatic carbocycles. The average molecular weight is 373 g/mol. The molecule has 0 amide bonds. The highest BCUT2D eigenvalue weighted by Crippen LogP contribution is 2.30. The van der Waals surface area contributed by atoms with Gasteiger partial charge >= 0.3 is 0 Å². The molecule has 0 aliphatic rings. The Morgan fingerprint density at radius 2 is 2.00 bits per heavy atom. The predicted octanol–water partition coefficient (Wildman–Crippen LogP) is 2.85. The van der Waals surface area contributed by atoms with Crippen LogP contribution in [0.15, 0.2) is 35.1 Å². The minimum absolute atomic E-state index is 0. The summed E-state index contributed by atoms with van der Waals surface area (Å²) in [6, 6.07) is 8.75. The van der Waals surface area contributed by atoms with Gasteiger partial charge in [0.25, 0.3) is 0 Å². The number of hydrogen-bond acceptors (Lipinski definition) is 5. The molecule has 0 radical (unpaired) electrons. The van der Waals surface area contributed by atoms with Crippen molar-refractivity contribution in [3.8, 4) is 5.75 Å². The maximum Gasteiger partial charge on any atom is 0.199 e. The number of halogens is 1. The molecule has 2 heterocycles. The summed E-state index contributed by atoms with van der Waals surface area (Å²) in [5, 5.41) is 14.3. The molecule has 2 N–H and O–H groups in total. The number of hydrogen-bond donors (Lipinski definition) is 2. The van der Waals surface area contributed by atoms with E-state index in [4.69, 9.17) is 0 Å². The Morgan fingerprint density at radius 3 is 2.73 bits per heavy atom. The van der Waals surface area contributed by atoms with Crippen molar-refractivity contribution < 1.29 is 5.11 Å². The van der Waals surface area contributed by atoms with Crippen LogP contribution in [0.2, 0.25) is 0 Å². The first-order chi connectivity index (χ1) is 12.0. The van der Waals surface area contributed by atoms with Crippen molar-refractivity contribution in [2.24, 2.45) is 0 Å². The first-order valence-corrected chi connectivity index (χ1v) is 8.26. The first kappa shape index (κ1) is 18.2. The molecule has 0 bridgehead atoms. The summed E-state index contributed by atoms with van der Waals surface area (Å²) in [6.07, 6.45) is 0. The van der Waals surface area contributed by atoms with Crippen molar-refractivity contribution in [3.05, 3.63) is 46.4 Å². The smallest absolute Gasteiger partial charge is 0.199 e. The number of fused-ring (bicyclic) bond motifs is 2. The van der Waals surface area contributed by atoms with Crippen LogP contribution >= 0.6 is 12.4 Å². The standard InChI is InChI=1S/C19H20N4O2.ClH/c1-11-21-15-6-5-14(20-8-9-22(2)3)17-18(15)23(11)16-7-4-12(24)10-13(16)19(17)25;/h4-7,10,20,24H,8-9H2,1-3H3;1H. The van der Waals surface area contributed by atoms with Crippen LogP contribution in [0.4, 0.5) is 5.69 Å². The lowest BCUT2D eigenvalue weighted by Gasteiger charge is -2.14. The average Bonchev–Trinajstić information content (AvgIpc) is 2.89. The van der Waals surface area contributed by atoms with Crippen LogP contribution in [0.1, 0.15) is 5.82 Å². The number of rotatable bonds is 4. The van der Waals surface area contributed by atoms with Gasteiger partial charge in [0.2, 0.25) is 0 Å². The number of phenols is 1. The maximum atomic E-state index is 13.2. The van der Waals surface area contributed by atoms with Crippen molar-refractivity contribution in [2.75, 3.05) is 32.5 Å². The topological polar surface area (TPSA) is 69.9 Å². The van der Waals surface area contributed by atoms with Gasteiger partial charge in [-0.15, -0.1) is 12.4 Å². The Kier molecular flexibility index (Phi) is 4.64. The van der Waals surface area contributed by atoms with Crippen LogP contribution in [0.5, 0.6) is 5.75 Å². The summed E-state index contributed by atoms with van der Waals surface area (Å²) in [6.45, 7) is 3.52. The second-order valence-corrected chi connectivity index (χ2v) is 6.61. The van der Waals surface area contributed by atoms with E-state index in [0.717, 1.165) is 41.2 Å². The van der Waals surface area contributed by atoms with Gasteiger partial charge in [0, 0.05) is 18.8 Å². The third-order valence-electron chi connectivity index (χ3n) is 4.55. The zero-order valence-corrected chi connectivity index (χ0v) is 15.7. The molecule has 7 heteroatoms. The largest absolute Gasteiger partial charge is 0.508 e. The van der Waals surface area contributed by atoms with E-state index in [0.29, 0.717) is 10.8 Å². The molecule has 4 aromatic rings. The minimum Gasteiger partial charge on any atom is -0.508 e. The normalized spacial score (nSPS) is 11.5. The van der Waals surface area contributed by atoms with Crippen LogP contribution in [0.3, 0.4) is 0 Å². The number of aromatic hydroxyl groups is 1. The van der Waals surface area contributed by atoms with Gasteiger partial charge in [-0.05, 0) is 51.4 Å². The molecule has 0 aliphatic carbocycles. The number of pyridine rings is 1. The lowest BCUT2D eigenvalue weighted by Crippen LogP contribution is -2.21. The maximum absolute atomic E-state index is 13.2. The molecular formula is C19H21ClN4O2. The fourth-order valence-corrected chi connectivity index (χ4v) is 3.40. The van der Waals surface area contributed by atoms with Crippen molar-refractivity contribution in [3.63, 3.8) is 0 Å². The number of aryl methyl sites for hydroxylation is 1. The number of benzene rings is 2. The van der Waals surface area contributed by atoms with Crippen LogP contribution in [0.25, 0.3) is 27.3 Å². The van der Waals surface area contributed by atoms with E-state index in [2.05, 4.69) is 15.2 Å². The monoisotopic (exact) mass is 372 g/mol. The van der Waals surface area contributed by atoms with Gasteiger partial charge < -0.3 is 15.3 Å². The molecule has 2 aromatic heterocycles. The van der Waals surface area contributed by atoms with E-state index in [1.54, 1.807) is 12.1 Å². The van der Waals surface area contributed by atoms with Gasteiger partial charge in [-0.1, -0.05) is 0 Å². The molecule has 0 aliphatic heterocycles. The Balaban J connectivity index is 0.00000196. The summed E-state index contributed by atoms with van der Waals surface area (Å²) in [5.41, 5.74) is 3.11.